The van der Waals surface area contributed by atoms with Crippen LogP contribution in [0.4, 0.5) is 20.4 Å². The van der Waals surface area contributed by atoms with Gasteiger partial charge in [0, 0.05) is 23.4 Å². The lowest BCUT2D eigenvalue weighted by atomic mass is 9.78. The molecular weight excluding hydrogens is 454 g/mol. The molecule has 1 atom stereocenters. The number of hydrogen-bond donors (Lipinski definition) is 2. The van der Waals surface area contributed by atoms with Crippen molar-refractivity contribution >= 4 is 11.6 Å². The first-order chi connectivity index (χ1) is 17.6. The first kappa shape index (κ1) is 24.1. The molecule has 0 aliphatic heterocycles. The normalized spacial score (nSPS) is 14.2. The number of rotatable bonds is 9. The van der Waals surface area contributed by atoms with Gasteiger partial charge in [0.25, 0.3) is 0 Å². The predicted octanol–water partition coefficient (Wildman–Crippen LogP) is 6.79. The van der Waals surface area contributed by atoms with E-state index in [0.717, 1.165) is 54.0 Å². The van der Waals surface area contributed by atoms with Gasteiger partial charge in [0.05, 0.1) is 5.69 Å². The summed E-state index contributed by atoms with van der Waals surface area (Å²) < 4.78 is 29.0. The lowest BCUT2D eigenvalue weighted by Crippen LogP contribution is -2.18. The third-order valence-electron chi connectivity index (χ3n) is 6.74. The second-order valence-corrected chi connectivity index (χ2v) is 9.22. The molecule has 2 N–H and O–H groups in total. The molecule has 0 fully saturated rings. The predicted molar refractivity (Wildman–Crippen MR) is 141 cm³/mol. The highest BCUT2D eigenvalue weighted by Crippen LogP contribution is 2.42. The number of halogens is 2. The van der Waals surface area contributed by atoms with Gasteiger partial charge >= 0.3 is 0 Å². The minimum Gasteiger partial charge on any atom is -0.324 e. The van der Waals surface area contributed by atoms with Crippen molar-refractivity contribution in [3.8, 4) is 11.3 Å². The Bertz CT molecular complexity index is 1350. The Balaban J connectivity index is 1.39. The van der Waals surface area contributed by atoms with Gasteiger partial charge in [-0.05, 0) is 78.9 Å². The van der Waals surface area contributed by atoms with Gasteiger partial charge in [0.2, 0.25) is 5.95 Å². The molecule has 0 saturated heterocycles. The summed E-state index contributed by atoms with van der Waals surface area (Å²) in [7, 11) is 0. The van der Waals surface area contributed by atoms with Crippen molar-refractivity contribution in [2.45, 2.75) is 38.5 Å². The van der Waals surface area contributed by atoms with E-state index in [1.807, 2.05) is 48.7 Å². The molecule has 0 spiro atoms. The Hall–Kier alpha value is -3.64. The molecule has 1 aliphatic carbocycles. The summed E-state index contributed by atoms with van der Waals surface area (Å²) in [4.78, 5) is 9.36. The van der Waals surface area contributed by atoms with Crippen LogP contribution >= 0.6 is 0 Å². The van der Waals surface area contributed by atoms with E-state index in [9.17, 15) is 8.78 Å². The number of benzene rings is 3. The summed E-state index contributed by atoms with van der Waals surface area (Å²) in [5, 5.41) is 6.60. The second kappa shape index (κ2) is 11.0. The number of anilines is 2. The molecular formula is C30H30F2N4. The first-order valence-electron chi connectivity index (χ1n) is 12.6. The number of aromatic nitrogens is 2. The molecule has 1 aliphatic rings. The van der Waals surface area contributed by atoms with Crippen molar-refractivity contribution in [3.63, 3.8) is 0 Å². The van der Waals surface area contributed by atoms with E-state index in [0.29, 0.717) is 29.9 Å². The fraction of sp³-hybridized carbons (Fsp3) is 0.267. The number of nitrogens with zero attached hydrogens (tertiary/aromatic N) is 2. The lowest BCUT2D eigenvalue weighted by molar-refractivity contribution is 0.592. The van der Waals surface area contributed by atoms with Gasteiger partial charge in [-0.15, -0.1) is 0 Å². The minimum absolute atomic E-state index is 0.0945. The summed E-state index contributed by atoms with van der Waals surface area (Å²) >= 11 is 0. The Kier molecular flexibility index (Phi) is 7.33. The molecule has 4 aromatic rings. The Morgan fingerprint density at radius 2 is 1.72 bits per heavy atom. The number of hydrogen-bond acceptors (Lipinski definition) is 4. The molecule has 0 bridgehead atoms. The number of nitrogens with one attached hydrogen (secondary N) is 2. The molecule has 36 heavy (non-hydrogen) atoms. The average Bonchev–Trinajstić information content (AvgIpc) is 2.90. The molecule has 1 aromatic heterocycles. The van der Waals surface area contributed by atoms with Crippen LogP contribution in [0.3, 0.4) is 0 Å². The monoisotopic (exact) mass is 484 g/mol. The van der Waals surface area contributed by atoms with Crippen molar-refractivity contribution in [1.29, 1.82) is 0 Å². The summed E-state index contributed by atoms with van der Waals surface area (Å²) in [6.07, 6.45) is 5.30. The van der Waals surface area contributed by atoms with Gasteiger partial charge in [-0.3, -0.25) is 0 Å². The van der Waals surface area contributed by atoms with Crippen LogP contribution in [-0.2, 0) is 12.8 Å². The van der Waals surface area contributed by atoms with Crippen LogP contribution in [0.5, 0.6) is 0 Å². The average molecular weight is 485 g/mol. The third-order valence-corrected chi connectivity index (χ3v) is 6.74. The van der Waals surface area contributed by atoms with Crippen LogP contribution < -0.4 is 10.6 Å². The summed E-state index contributed by atoms with van der Waals surface area (Å²) in [6, 6.07) is 20.0. The maximum atomic E-state index is 14.7. The van der Waals surface area contributed by atoms with Gasteiger partial charge in [-0.2, -0.15) is 0 Å². The topological polar surface area (TPSA) is 49.8 Å². The summed E-state index contributed by atoms with van der Waals surface area (Å²) in [6.45, 7) is 3.83. The van der Waals surface area contributed by atoms with E-state index in [1.54, 1.807) is 12.1 Å². The van der Waals surface area contributed by atoms with E-state index in [4.69, 9.17) is 4.98 Å². The molecule has 1 heterocycles. The highest BCUT2D eigenvalue weighted by molar-refractivity contribution is 5.73. The van der Waals surface area contributed by atoms with Crippen molar-refractivity contribution in [3.05, 3.63) is 107 Å². The molecule has 4 nitrogen and oxygen atoms in total. The highest BCUT2D eigenvalue weighted by Gasteiger charge is 2.29. The number of fused-ring (bicyclic) bond motifs is 3. The molecule has 0 radical (unpaired) electrons. The maximum Gasteiger partial charge on any atom is 0.227 e. The van der Waals surface area contributed by atoms with Crippen molar-refractivity contribution in [1.82, 2.24) is 15.3 Å². The van der Waals surface area contributed by atoms with Crippen LogP contribution in [-0.4, -0.2) is 23.1 Å². The van der Waals surface area contributed by atoms with E-state index in [-0.39, 0.29) is 17.6 Å². The molecule has 6 heteroatoms. The highest BCUT2D eigenvalue weighted by atomic mass is 19.1. The largest absolute Gasteiger partial charge is 0.324 e. The molecule has 5 rings (SSSR count). The first-order valence-corrected chi connectivity index (χ1v) is 12.6. The van der Waals surface area contributed by atoms with E-state index in [2.05, 4.69) is 22.5 Å². The van der Waals surface area contributed by atoms with Crippen LogP contribution in [0.2, 0.25) is 0 Å². The third kappa shape index (κ3) is 5.14. The van der Waals surface area contributed by atoms with Gasteiger partial charge in [-0.1, -0.05) is 55.8 Å². The SMILES string of the molecule is CCCCNCCc1cc(Nc2ncc3c(n2)-c2ccccc2C(c2ccccc2F)C3)ccc1F. The van der Waals surface area contributed by atoms with Crippen LogP contribution in [0.1, 0.15) is 47.9 Å². The van der Waals surface area contributed by atoms with Crippen LogP contribution in [0.25, 0.3) is 11.3 Å². The van der Waals surface area contributed by atoms with Crippen LogP contribution in [0.15, 0.2) is 72.9 Å². The number of unbranched alkanes of at least 4 members (excludes halogenated alkanes) is 1. The van der Waals surface area contributed by atoms with Crippen molar-refractivity contribution < 1.29 is 8.78 Å². The quantitative estimate of drug-likeness (QED) is 0.257. The maximum absolute atomic E-state index is 14.7. The van der Waals surface area contributed by atoms with Gasteiger partial charge < -0.3 is 10.6 Å². The van der Waals surface area contributed by atoms with E-state index in [1.165, 1.54) is 12.1 Å². The lowest BCUT2D eigenvalue weighted by Gasteiger charge is -2.27. The molecule has 1 unspecified atom stereocenters. The second-order valence-electron chi connectivity index (χ2n) is 9.22. The summed E-state index contributed by atoms with van der Waals surface area (Å²) in [5.41, 5.74) is 5.94. The van der Waals surface area contributed by atoms with Crippen molar-refractivity contribution in [2.75, 3.05) is 18.4 Å². The van der Waals surface area contributed by atoms with Crippen LogP contribution in [0, 0.1) is 11.6 Å². The van der Waals surface area contributed by atoms with Crippen molar-refractivity contribution in [2.24, 2.45) is 0 Å². The zero-order valence-electron chi connectivity index (χ0n) is 20.4. The molecule has 184 valence electrons. The zero-order valence-corrected chi connectivity index (χ0v) is 20.4. The fourth-order valence-corrected chi connectivity index (χ4v) is 4.85. The molecule has 3 aromatic carbocycles. The minimum atomic E-state index is -0.211. The van der Waals surface area contributed by atoms with Gasteiger partial charge in [-0.25, -0.2) is 18.7 Å². The van der Waals surface area contributed by atoms with Gasteiger partial charge in [0.1, 0.15) is 11.6 Å². The summed E-state index contributed by atoms with van der Waals surface area (Å²) in [5.74, 6) is -0.0561. The Labute approximate surface area is 210 Å². The Morgan fingerprint density at radius 3 is 2.56 bits per heavy atom. The molecule has 0 amide bonds. The van der Waals surface area contributed by atoms with Gasteiger partial charge in [0.15, 0.2) is 0 Å². The molecule has 0 saturated carbocycles. The standard InChI is InChI=1S/C30H30F2N4/c1-2-3-15-33-16-14-20-17-22(12-13-27(20)31)35-30-34-19-21-18-26(24-9-6-7-11-28(24)32)23-8-4-5-10-25(23)29(21)36-30/h4-13,17,19,26,33H,2-3,14-16,18H2,1H3,(H,34,35,36). The Morgan fingerprint density at radius 1 is 0.917 bits per heavy atom. The van der Waals surface area contributed by atoms with E-state index >= 15 is 0 Å². The fourth-order valence-electron chi connectivity index (χ4n) is 4.85. The zero-order chi connectivity index (χ0) is 24.9. The smallest absolute Gasteiger partial charge is 0.227 e. The van der Waals surface area contributed by atoms with E-state index < -0.39 is 0 Å².